The van der Waals surface area contributed by atoms with E-state index in [-0.39, 0.29) is 22.7 Å². The lowest BCUT2D eigenvalue weighted by atomic mass is 10.1. The van der Waals surface area contributed by atoms with Crippen molar-refractivity contribution in [3.8, 4) is 17.3 Å². The molecule has 7 nitrogen and oxygen atoms in total. The van der Waals surface area contributed by atoms with Gasteiger partial charge in [-0.15, -0.1) is 0 Å². The minimum Gasteiger partial charge on any atom is -0.382 e. The fraction of sp³-hybridized carbons (Fsp3) is 0.0500. The molecule has 0 saturated carbocycles. The third-order valence-electron chi connectivity index (χ3n) is 4.32. The Bertz CT molecular complexity index is 1220. The zero-order valence-corrected chi connectivity index (χ0v) is 14.8. The van der Waals surface area contributed by atoms with Crippen molar-refractivity contribution in [2.24, 2.45) is 0 Å². The number of hydrogen-bond acceptors (Lipinski definition) is 7. The lowest BCUT2D eigenvalue weighted by Gasteiger charge is -2.22. The molecule has 0 radical (unpaired) electrons. The molecule has 8 heteroatoms. The van der Waals surface area contributed by atoms with E-state index in [1.54, 1.807) is 36.3 Å². The van der Waals surface area contributed by atoms with Gasteiger partial charge in [0, 0.05) is 24.2 Å². The van der Waals surface area contributed by atoms with Crippen molar-refractivity contribution in [3.05, 3.63) is 66.4 Å². The van der Waals surface area contributed by atoms with Crippen molar-refractivity contribution < 1.29 is 4.39 Å². The molecule has 0 unspecified atom stereocenters. The van der Waals surface area contributed by atoms with Crippen molar-refractivity contribution in [1.82, 2.24) is 19.9 Å². The number of pyridine rings is 2. The maximum absolute atomic E-state index is 14.4. The minimum atomic E-state index is -0.442. The molecule has 4 rings (SSSR count). The van der Waals surface area contributed by atoms with Gasteiger partial charge in [0.15, 0.2) is 5.82 Å². The molecule has 0 saturated heterocycles. The number of nitrogens with two attached hydrogens (primary N) is 1. The number of anilines is 3. The molecule has 136 valence electrons. The number of aromatic nitrogens is 4. The van der Waals surface area contributed by atoms with E-state index >= 15 is 0 Å². The van der Waals surface area contributed by atoms with Gasteiger partial charge in [0.25, 0.3) is 0 Å². The molecule has 0 amide bonds. The van der Waals surface area contributed by atoms with Gasteiger partial charge in [-0.05, 0) is 24.3 Å². The summed E-state index contributed by atoms with van der Waals surface area (Å²) in [6.07, 6.45) is 2.93. The van der Waals surface area contributed by atoms with Crippen LogP contribution in [0.25, 0.3) is 22.2 Å². The second-order valence-corrected chi connectivity index (χ2v) is 6.01. The highest BCUT2D eigenvalue weighted by atomic mass is 19.1. The Morgan fingerprint density at radius 2 is 1.93 bits per heavy atom. The van der Waals surface area contributed by atoms with Crippen molar-refractivity contribution in [3.63, 3.8) is 0 Å². The van der Waals surface area contributed by atoms with Gasteiger partial charge in [0.2, 0.25) is 0 Å². The van der Waals surface area contributed by atoms with E-state index < -0.39 is 5.82 Å². The van der Waals surface area contributed by atoms with E-state index in [4.69, 9.17) is 5.73 Å². The van der Waals surface area contributed by atoms with Crippen LogP contribution in [-0.2, 0) is 0 Å². The number of para-hydroxylation sites is 1. The Labute approximate surface area is 159 Å². The van der Waals surface area contributed by atoms with Crippen LogP contribution in [-0.4, -0.2) is 27.0 Å². The zero-order chi connectivity index (χ0) is 19.7. The fourth-order valence-corrected chi connectivity index (χ4v) is 2.97. The number of benzene rings is 1. The van der Waals surface area contributed by atoms with E-state index in [0.29, 0.717) is 22.5 Å². The molecule has 2 N–H and O–H groups in total. The van der Waals surface area contributed by atoms with Gasteiger partial charge in [0.05, 0.1) is 5.69 Å². The summed E-state index contributed by atoms with van der Waals surface area (Å²) in [6.45, 7) is 0. The van der Waals surface area contributed by atoms with Crippen LogP contribution >= 0.6 is 0 Å². The van der Waals surface area contributed by atoms with Crippen LogP contribution in [0.2, 0.25) is 0 Å². The lowest BCUT2D eigenvalue weighted by Crippen LogP contribution is -2.17. The quantitative estimate of drug-likeness (QED) is 0.588. The number of halogens is 1. The van der Waals surface area contributed by atoms with E-state index in [0.717, 1.165) is 0 Å². The Morgan fingerprint density at radius 1 is 1.07 bits per heavy atom. The molecule has 0 bridgehead atoms. The standard InChI is InChI=1S/C20H14FN7/c1-28(19-14(10-22)18(23)25-11-26-19)20-13(16-7-2-3-8-24-16)9-12-5-4-6-15(21)17(12)27-20/h2-9,11H,1H3,(H2,23,25,26). The molecule has 0 aliphatic heterocycles. The first kappa shape index (κ1) is 17.3. The van der Waals surface area contributed by atoms with Crippen LogP contribution in [0.4, 0.5) is 21.8 Å². The molecule has 4 aromatic rings. The topological polar surface area (TPSA) is 105 Å². The van der Waals surface area contributed by atoms with Gasteiger partial charge in [-0.3, -0.25) is 4.98 Å². The Morgan fingerprint density at radius 3 is 2.68 bits per heavy atom. The van der Waals surface area contributed by atoms with Crippen LogP contribution in [0.3, 0.4) is 0 Å². The van der Waals surface area contributed by atoms with Gasteiger partial charge in [-0.1, -0.05) is 18.2 Å². The Hall–Kier alpha value is -4.12. The average Bonchev–Trinajstić information content (AvgIpc) is 2.73. The molecule has 3 aromatic heterocycles. The van der Waals surface area contributed by atoms with Crippen LogP contribution < -0.4 is 10.6 Å². The molecular formula is C20H14FN7. The number of nitriles is 1. The summed E-state index contributed by atoms with van der Waals surface area (Å²) in [5.74, 6) is 0.286. The predicted octanol–water partition coefficient (Wildman–Crippen LogP) is 3.45. The minimum absolute atomic E-state index is 0.0608. The Balaban J connectivity index is 2.01. The second kappa shape index (κ2) is 6.89. The van der Waals surface area contributed by atoms with Crippen molar-refractivity contribution in [2.45, 2.75) is 0 Å². The molecule has 0 aliphatic carbocycles. The molecule has 28 heavy (non-hydrogen) atoms. The number of nitrogens with zero attached hydrogens (tertiary/aromatic N) is 6. The number of rotatable bonds is 3. The van der Waals surface area contributed by atoms with E-state index in [1.807, 2.05) is 24.3 Å². The molecule has 0 spiro atoms. The highest BCUT2D eigenvalue weighted by Crippen LogP contribution is 2.35. The van der Waals surface area contributed by atoms with Crippen LogP contribution in [0.5, 0.6) is 0 Å². The van der Waals surface area contributed by atoms with Gasteiger partial charge < -0.3 is 10.6 Å². The first-order chi connectivity index (χ1) is 13.6. The third kappa shape index (κ3) is 2.85. The third-order valence-corrected chi connectivity index (χ3v) is 4.32. The highest BCUT2D eigenvalue weighted by molar-refractivity contribution is 5.90. The van der Waals surface area contributed by atoms with Gasteiger partial charge in [0.1, 0.15) is 40.9 Å². The van der Waals surface area contributed by atoms with E-state index in [2.05, 4.69) is 19.9 Å². The number of fused-ring (bicyclic) bond motifs is 1. The largest absolute Gasteiger partial charge is 0.382 e. The van der Waals surface area contributed by atoms with Crippen LogP contribution in [0.15, 0.2) is 55.0 Å². The maximum atomic E-state index is 14.4. The maximum Gasteiger partial charge on any atom is 0.157 e. The second-order valence-electron chi connectivity index (χ2n) is 6.01. The van der Waals surface area contributed by atoms with Crippen molar-refractivity contribution in [2.75, 3.05) is 17.7 Å². The van der Waals surface area contributed by atoms with E-state index in [1.165, 1.54) is 12.4 Å². The predicted molar refractivity (Wildman–Crippen MR) is 104 cm³/mol. The van der Waals surface area contributed by atoms with Crippen molar-refractivity contribution >= 4 is 28.4 Å². The van der Waals surface area contributed by atoms with Gasteiger partial charge in [-0.2, -0.15) is 5.26 Å². The number of hydrogen-bond donors (Lipinski definition) is 1. The normalized spacial score (nSPS) is 10.6. The smallest absolute Gasteiger partial charge is 0.157 e. The monoisotopic (exact) mass is 371 g/mol. The number of nitrogen functional groups attached to an aromatic ring is 1. The first-order valence-corrected chi connectivity index (χ1v) is 8.35. The van der Waals surface area contributed by atoms with Gasteiger partial charge >= 0.3 is 0 Å². The van der Waals surface area contributed by atoms with Gasteiger partial charge in [-0.25, -0.2) is 19.3 Å². The molecule has 0 atom stereocenters. The summed E-state index contributed by atoms with van der Waals surface area (Å²) in [5, 5.41) is 10.1. The summed E-state index contributed by atoms with van der Waals surface area (Å²) in [6, 6.07) is 14.1. The summed E-state index contributed by atoms with van der Waals surface area (Å²) < 4.78 is 14.4. The summed E-state index contributed by atoms with van der Waals surface area (Å²) >= 11 is 0. The molecule has 0 aliphatic rings. The molecule has 1 aromatic carbocycles. The average molecular weight is 371 g/mol. The fourth-order valence-electron chi connectivity index (χ4n) is 2.97. The molecule has 0 fully saturated rings. The van der Waals surface area contributed by atoms with E-state index in [9.17, 15) is 9.65 Å². The first-order valence-electron chi connectivity index (χ1n) is 8.35. The van der Waals surface area contributed by atoms with Crippen LogP contribution in [0, 0.1) is 17.1 Å². The Kier molecular flexibility index (Phi) is 4.26. The van der Waals surface area contributed by atoms with Crippen molar-refractivity contribution in [1.29, 1.82) is 5.26 Å². The SMILES string of the molecule is CN(c1nc2c(F)cccc2cc1-c1ccccn1)c1ncnc(N)c1C#N. The highest BCUT2D eigenvalue weighted by Gasteiger charge is 2.21. The molecular weight excluding hydrogens is 357 g/mol. The zero-order valence-electron chi connectivity index (χ0n) is 14.8. The van der Waals surface area contributed by atoms with Crippen LogP contribution in [0.1, 0.15) is 5.56 Å². The lowest BCUT2D eigenvalue weighted by molar-refractivity contribution is 0.637. The summed E-state index contributed by atoms with van der Waals surface area (Å²) in [4.78, 5) is 18.6. The summed E-state index contributed by atoms with van der Waals surface area (Å²) in [5.41, 5.74) is 7.47. The summed E-state index contributed by atoms with van der Waals surface area (Å²) in [7, 11) is 1.68. The molecule has 3 heterocycles.